The number of rotatable bonds is 1. The van der Waals surface area contributed by atoms with Gasteiger partial charge in [0.2, 0.25) is 0 Å². The molecule has 0 spiro atoms. The molecular weight excluding hydrogens is 228 g/mol. The maximum absolute atomic E-state index is 11.1. The number of furan rings is 2. The van der Waals surface area contributed by atoms with Crippen LogP contribution >= 0.6 is 0 Å². The molecule has 0 amide bonds. The molecular formula is C15H8O3. The molecule has 18 heavy (non-hydrogen) atoms. The summed E-state index contributed by atoms with van der Waals surface area (Å²) in [5.74, 6) is 0. The van der Waals surface area contributed by atoms with Crippen LogP contribution < -0.4 is 0 Å². The molecule has 3 nitrogen and oxygen atoms in total. The molecule has 0 saturated carbocycles. The summed E-state index contributed by atoms with van der Waals surface area (Å²) in [6.07, 6.45) is 2.50. The van der Waals surface area contributed by atoms with E-state index < -0.39 is 0 Å². The van der Waals surface area contributed by atoms with Gasteiger partial charge in [-0.25, -0.2) is 0 Å². The highest BCUT2D eigenvalue weighted by Gasteiger charge is 2.12. The smallest absolute Gasteiger partial charge is 0.150 e. The predicted octanol–water partition coefficient (Wildman–Crippen LogP) is 4.14. The lowest BCUT2D eigenvalue weighted by atomic mass is 10.1. The Bertz CT molecular complexity index is 896. The van der Waals surface area contributed by atoms with Gasteiger partial charge in [0, 0.05) is 21.7 Å². The Kier molecular flexibility index (Phi) is 1.70. The van der Waals surface area contributed by atoms with Crippen LogP contribution in [0.1, 0.15) is 10.4 Å². The van der Waals surface area contributed by atoms with E-state index in [-0.39, 0.29) is 0 Å². The minimum atomic E-state index is 0.636. The molecule has 0 aliphatic heterocycles. The summed E-state index contributed by atoms with van der Waals surface area (Å²) in [6.45, 7) is 0. The molecule has 0 aliphatic carbocycles. The summed E-state index contributed by atoms with van der Waals surface area (Å²) >= 11 is 0. The molecule has 0 saturated heterocycles. The predicted molar refractivity (Wildman–Crippen MR) is 68.9 cm³/mol. The number of hydrogen-bond donors (Lipinski definition) is 0. The van der Waals surface area contributed by atoms with Crippen molar-refractivity contribution in [3.05, 3.63) is 48.2 Å². The fourth-order valence-electron chi connectivity index (χ4n) is 2.41. The van der Waals surface area contributed by atoms with Gasteiger partial charge in [-0.2, -0.15) is 0 Å². The molecule has 0 N–H and O–H groups in total. The molecule has 0 bridgehead atoms. The first kappa shape index (κ1) is 9.48. The molecule has 0 atom stereocenters. The summed E-state index contributed by atoms with van der Waals surface area (Å²) < 4.78 is 11.2. The molecule has 0 unspecified atom stereocenters. The van der Waals surface area contributed by atoms with Crippen molar-refractivity contribution in [3.63, 3.8) is 0 Å². The van der Waals surface area contributed by atoms with Crippen molar-refractivity contribution >= 4 is 39.2 Å². The van der Waals surface area contributed by atoms with Crippen molar-refractivity contribution in [2.45, 2.75) is 0 Å². The van der Waals surface area contributed by atoms with Gasteiger partial charge >= 0.3 is 0 Å². The topological polar surface area (TPSA) is 43.4 Å². The highest BCUT2D eigenvalue weighted by Crippen LogP contribution is 2.33. The number of carbonyl (C=O) groups excluding carboxylic acids is 1. The molecule has 2 aromatic heterocycles. The van der Waals surface area contributed by atoms with Gasteiger partial charge in [0.15, 0.2) is 6.29 Å². The number of carbonyl (C=O) groups is 1. The average molecular weight is 236 g/mol. The van der Waals surface area contributed by atoms with Crippen LogP contribution in [0.5, 0.6) is 0 Å². The van der Waals surface area contributed by atoms with Gasteiger partial charge in [-0.1, -0.05) is 12.1 Å². The van der Waals surface area contributed by atoms with Crippen molar-refractivity contribution in [1.82, 2.24) is 0 Å². The molecule has 2 aromatic carbocycles. The number of benzene rings is 2. The summed E-state index contributed by atoms with van der Waals surface area (Å²) in [4.78, 5) is 11.1. The maximum Gasteiger partial charge on any atom is 0.150 e. The van der Waals surface area contributed by atoms with Crippen molar-refractivity contribution in [2.75, 3.05) is 0 Å². The molecule has 4 rings (SSSR count). The van der Waals surface area contributed by atoms with Crippen LogP contribution in [0.25, 0.3) is 32.9 Å². The third kappa shape index (κ3) is 1.10. The van der Waals surface area contributed by atoms with E-state index in [1.807, 2.05) is 30.3 Å². The van der Waals surface area contributed by atoms with Crippen LogP contribution in [0.15, 0.2) is 51.5 Å². The van der Waals surface area contributed by atoms with Crippen LogP contribution in [0, 0.1) is 0 Å². The van der Waals surface area contributed by atoms with Crippen LogP contribution in [-0.4, -0.2) is 6.29 Å². The van der Waals surface area contributed by atoms with E-state index in [4.69, 9.17) is 8.83 Å². The highest BCUT2D eigenvalue weighted by molar-refractivity contribution is 6.14. The molecule has 0 fully saturated rings. The Balaban J connectivity index is 2.30. The van der Waals surface area contributed by atoms with E-state index in [1.54, 1.807) is 12.3 Å². The van der Waals surface area contributed by atoms with E-state index in [9.17, 15) is 4.79 Å². The summed E-state index contributed by atoms with van der Waals surface area (Å²) in [7, 11) is 0. The zero-order valence-corrected chi connectivity index (χ0v) is 9.34. The molecule has 0 radical (unpaired) electrons. The molecule has 2 heterocycles. The lowest BCUT2D eigenvalue weighted by Gasteiger charge is -1.93. The lowest BCUT2D eigenvalue weighted by molar-refractivity contribution is 0.112. The second kappa shape index (κ2) is 3.23. The first-order chi connectivity index (χ1) is 8.86. The summed E-state index contributed by atoms with van der Waals surface area (Å²) in [5, 5.41) is 2.75. The quantitative estimate of drug-likeness (QED) is 0.466. The largest absolute Gasteiger partial charge is 0.464 e. The fourth-order valence-corrected chi connectivity index (χ4v) is 2.41. The number of aldehydes is 1. The Morgan fingerprint density at radius 1 is 1.00 bits per heavy atom. The van der Waals surface area contributed by atoms with Gasteiger partial charge in [-0.15, -0.1) is 0 Å². The van der Waals surface area contributed by atoms with Crippen LogP contribution in [0.2, 0.25) is 0 Å². The van der Waals surface area contributed by atoms with Gasteiger partial charge in [0.25, 0.3) is 0 Å². The van der Waals surface area contributed by atoms with Gasteiger partial charge in [0.1, 0.15) is 16.7 Å². The van der Waals surface area contributed by atoms with E-state index >= 15 is 0 Å². The monoisotopic (exact) mass is 236 g/mol. The van der Waals surface area contributed by atoms with Crippen molar-refractivity contribution < 1.29 is 13.6 Å². The van der Waals surface area contributed by atoms with Crippen molar-refractivity contribution in [3.8, 4) is 0 Å². The Morgan fingerprint density at radius 2 is 1.94 bits per heavy atom. The molecule has 3 heteroatoms. The second-order valence-electron chi connectivity index (χ2n) is 4.25. The summed E-state index contributed by atoms with van der Waals surface area (Å²) in [5.41, 5.74) is 2.93. The zero-order chi connectivity index (χ0) is 12.1. The normalized spacial score (nSPS) is 11.6. The SMILES string of the molecule is O=Cc1cccc2oc3cc4ccoc4cc3c12. The van der Waals surface area contributed by atoms with E-state index in [0.29, 0.717) is 5.56 Å². The van der Waals surface area contributed by atoms with Crippen LogP contribution in [-0.2, 0) is 0 Å². The number of hydrogen-bond acceptors (Lipinski definition) is 3. The van der Waals surface area contributed by atoms with E-state index in [0.717, 1.165) is 39.2 Å². The Morgan fingerprint density at radius 3 is 2.83 bits per heavy atom. The van der Waals surface area contributed by atoms with Gasteiger partial charge < -0.3 is 8.83 Å². The van der Waals surface area contributed by atoms with E-state index in [1.165, 1.54) is 0 Å². The minimum Gasteiger partial charge on any atom is -0.464 e. The molecule has 86 valence electrons. The average Bonchev–Trinajstić information content (AvgIpc) is 2.98. The minimum absolute atomic E-state index is 0.636. The highest BCUT2D eigenvalue weighted by atomic mass is 16.3. The van der Waals surface area contributed by atoms with Crippen LogP contribution in [0.4, 0.5) is 0 Å². The fraction of sp³-hybridized carbons (Fsp3) is 0. The van der Waals surface area contributed by atoms with Crippen LogP contribution in [0.3, 0.4) is 0 Å². The number of fused-ring (bicyclic) bond motifs is 4. The van der Waals surface area contributed by atoms with Crippen molar-refractivity contribution in [2.24, 2.45) is 0 Å². The lowest BCUT2D eigenvalue weighted by Crippen LogP contribution is -1.79. The van der Waals surface area contributed by atoms with E-state index in [2.05, 4.69) is 0 Å². The van der Waals surface area contributed by atoms with Gasteiger partial charge in [0.05, 0.1) is 6.26 Å². The second-order valence-corrected chi connectivity index (χ2v) is 4.25. The molecule has 4 aromatic rings. The standard InChI is InChI=1S/C15H8O3/c16-8-10-2-1-3-12-15(10)11-7-13-9(4-5-17-13)6-14(11)18-12/h1-8H. The third-order valence-corrected chi connectivity index (χ3v) is 3.23. The maximum atomic E-state index is 11.1. The Labute approximate surface area is 102 Å². The molecule has 0 aliphatic rings. The van der Waals surface area contributed by atoms with Gasteiger partial charge in [-0.05, 0) is 24.3 Å². The third-order valence-electron chi connectivity index (χ3n) is 3.23. The Hall–Kier alpha value is -2.55. The first-order valence-electron chi connectivity index (χ1n) is 5.64. The van der Waals surface area contributed by atoms with Crippen molar-refractivity contribution in [1.29, 1.82) is 0 Å². The summed E-state index contributed by atoms with van der Waals surface area (Å²) in [6, 6.07) is 11.2. The first-order valence-corrected chi connectivity index (χ1v) is 5.64. The van der Waals surface area contributed by atoms with Gasteiger partial charge in [-0.3, -0.25) is 4.79 Å². The zero-order valence-electron chi connectivity index (χ0n) is 9.34.